The molecule has 290 valence electrons. The highest BCUT2D eigenvalue weighted by Gasteiger charge is 2.43. The van der Waals surface area contributed by atoms with Gasteiger partial charge in [0.2, 0.25) is 17.6 Å². The summed E-state index contributed by atoms with van der Waals surface area (Å²) >= 11 is 0. The third kappa shape index (κ3) is 19.9. The number of hydroxylamine groups is 1. The van der Waals surface area contributed by atoms with Crippen molar-refractivity contribution < 1.29 is 29.2 Å². The largest absolute Gasteiger partial charge is 0.350 e. The lowest BCUT2D eigenvalue weighted by Gasteiger charge is -2.42. The first-order valence-corrected chi connectivity index (χ1v) is 18.6. The molecule has 0 bridgehead atoms. The molecular weight excluding hydrogens is 626 g/mol. The Morgan fingerprint density at radius 1 is 0.857 bits per heavy atom. The minimum atomic E-state index is -0.928. The van der Waals surface area contributed by atoms with Crippen LogP contribution in [-0.2, 0) is 19.2 Å². The van der Waals surface area contributed by atoms with Gasteiger partial charge in [-0.3, -0.25) is 24.4 Å². The van der Waals surface area contributed by atoms with Crippen LogP contribution in [0.4, 0.5) is 4.79 Å². The van der Waals surface area contributed by atoms with Crippen molar-refractivity contribution >= 4 is 29.5 Å². The molecule has 1 heterocycles. The number of hydrogen-bond donors (Lipinski definition) is 5. The van der Waals surface area contributed by atoms with Crippen molar-refractivity contribution in [2.45, 2.75) is 158 Å². The average Bonchev–Trinajstić information content (AvgIpc) is 3.55. The number of nitrogens with zero attached hydrogens (tertiary/aromatic N) is 3. The molecule has 0 radical (unpaired) electrons. The highest BCUT2D eigenvalue weighted by atomic mass is 16.5. The van der Waals surface area contributed by atoms with Crippen molar-refractivity contribution in [3.63, 3.8) is 0 Å². The molecule has 1 saturated carbocycles. The fourth-order valence-corrected chi connectivity index (χ4v) is 5.11. The topological polar surface area (TPSA) is 163 Å². The zero-order chi connectivity index (χ0) is 38.8. The SMILES string of the molecule is CC.CC.CCC.CCC.CCNC(=O)C(=O)CNC(=O)C1CCCN1C(=O)C(NC(=O)NC1(CN(O)N(C)C)CCCCC1)C(C)(C)C. The Hall–Kier alpha value is -2.77. The van der Waals surface area contributed by atoms with E-state index in [0.29, 0.717) is 38.8 Å². The Morgan fingerprint density at radius 2 is 1.37 bits per heavy atom. The molecule has 5 amide bonds. The van der Waals surface area contributed by atoms with E-state index in [9.17, 15) is 29.2 Å². The monoisotopic (exact) mass is 702 g/mol. The molecule has 2 atom stereocenters. The van der Waals surface area contributed by atoms with Gasteiger partial charge in [0.15, 0.2) is 0 Å². The van der Waals surface area contributed by atoms with Crippen LogP contribution in [0.15, 0.2) is 0 Å². The third-order valence-corrected chi connectivity index (χ3v) is 7.34. The Labute approximate surface area is 299 Å². The maximum Gasteiger partial charge on any atom is 0.315 e. The predicted molar refractivity (Wildman–Crippen MR) is 199 cm³/mol. The van der Waals surface area contributed by atoms with Gasteiger partial charge in [0, 0.05) is 27.2 Å². The van der Waals surface area contributed by atoms with Gasteiger partial charge < -0.3 is 26.2 Å². The molecular formula is C36H75N7O6. The number of likely N-dealkylation sites (tertiary alicyclic amines) is 1. The molecule has 1 aliphatic heterocycles. The predicted octanol–water partition coefficient (Wildman–Crippen LogP) is 5.27. The number of Topliss-reactive ketones (excluding diaryl/α,β-unsaturated/α-hetero) is 1. The molecule has 0 aromatic carbocycles. The lowest BCUT2D eigenvalue weighted by atomic mass is 9.81. The summed E-state index contributed by atoms with van der Waals surface area (Å²) in [5.41, 5.74) is -1.32. The van der Waals surface area contributed by atoms with Crippen LogP contribution in [-0.4, -0.2) is 108 Å². The molecule has 2 fully saturated rings. The first-order chi connectivity index (χ1) is 23.0. The van der Waals surface area contributed by atoms with Crippen LogP contribution in [0.2, 0.25) is 0 Å². The summed E-state index contributed by atoms with van der Waals surface area (Å²) < 4.78 is 0. The fourth-order valence-electron chi connectivity index (χ4n) is 5.11. The summed E-state index contributed by atoms with van der Waals surface area (Å²) in [4.78, 5) is 65.0. The van der Waals surface area contributed by atoms with Gasteiger partial charge in [-0.25, -0.2) is 9.80 Å². The minimum absolute atomic E-state index is 0.213. The van der Waals surface area contributed by atoms with Crippen molar-refractivity contribution in [1.82, 2.24) is 36.3 Å². The minimum Gasteiger partial charge on any atom is -0.350 e. The van der Waals surface area contributed by atoms with Gasteiger partial charge in [-0.15, -0.1) is 5.17 Å². The number of hydrogen-bond acceptors (Lipinski definition) is 8. The molecule has 1 saturated heterocycles. The van der Waals surface area contributed by atoms with Crippen LogP contribution >= 0.6 is 0 Å². The normalized spacial score (nSPS) is 16.8. The number of likely N-dealkylation sites (N-methyl/N-ethyl adjacent to an activating group) is 1. The van der Waals surface area contributed by atoms with Crippen LogP contribution in [0, 0.1) is 5.41 Å². The molecule has 13 nitrogen and oxygen atoms in total. The summed E-state index contributed by atoms with van der Waals surface area (Å²) in [6, 6.07) is -2.24. The second kappa shape index (κ2) is 28.0. The van der Waals surface area contributed by atoms with Crippen molar-refractivity contribution in [2.75, 3.05) is 40.3 Å². The summed E-state index contributed by atoms with van der Waals surface area (Å²) in [5.74, 6) is -2.44. The Kier molecular flexibility index (Phi) is 28.9. The number of rotatable bonds is 11. The van der Waals surface area contributed by atoms with E-state index in [2.05, 4.69) is 49.0 Å². The van der Waals surface area contributed by atoms with Gasteiger partial charge in [0.25, 0.3) is 5.91 Å². The van der Waals surface area contributed by atoms with E-state index in [1.807, 2.05) is 48.5 Å². The summed E-state index contributed by atoms with van der Waals surface area (Å²) in [5, 5.41) is 23.7. The number of amides is 5. The summed E-state index contributed by atoms with van der Waals surface area (Å²) in [6.07, 6.45) is 7.78. The van der Waals surface area contributed by atoms with Gasteiger partial charge in [-0.1, -0.05) is 108 Å². The van der Waals surface area contributed by atoms with E-state index in [1.54, 1.807) is 26.0 Å². The van der Waals surface area contributed by atoms with E-state index in [1.165, 1.54) is 17.7 Å². The zero-order valence-electron chi connectivity index (χ0n) is 33.7. The molecule has 0 aromatic rings. The van der Waals surface area contributed by atoms with Crippen molar-refractivity contribution in [3.8, 4) is 0 Å². The molecule has 13 heteroatoms. The lowest BCUT2D eigenvalue weighted by molar-refractivity contribution is -0.236. The molecule has 5 N–H and O–H groups in total. The number of ketones is 1. The Morgan fingerprint density at radius 3 is 1.82 bits per heavy atom. The Bertz CT molecular complexity index is 931. The maximum absolute atomic E-state index is 13.7. The van der Waals surface area contributed by atoms with Gasteiger partial charge in [0.1, 0.15) is 12.1 Å². The first-order valence-electron chi connectivity index (χ1n) is 18.6. The number of carbonyl (C=O) groups excluding carboxylic acids is 5. The van der Waals surface area contributed by atoms with Crippen molar-refractivity contribution in [2.24, 2.45) is 5.41 Å². The van der Waals surface area contributed by atoms with Gasteiger partial charge in [-0.2, -0.15) is 0 Å². The number of nitrogens with one attached hydrogen (secondary N) is 4. The van der Waals surface area contributed by atoms with E-state index < -0.39 is 53.2 Å². The average molecular weight is 702 g/mol. The van der Waals surface area contributed by atoms with Crippen molar-refractivity contribution in [1.29, 1.82) is 0 Å². The van der Waals surface area contributed by atoms with Gasteiger partial charge in [-0.05, 0) is 38.0 Å². The summed E-state index contributed by atoms with van der Waals surface area (Å²) in [6.45, 7) is 24.1. The molecule has 49 heavy (non-hydrogen) atoms. The van der Waals surface area contributed by atoms with Crippen LogP contribution < -0.4 is 21.3 Å². The van der Waals surface area contributed by atoms with Crippen LogP contribution in [0.25, 0.3) is 0 Å². The zero-order valence-corrected chi connectivity index (χ0v) is 33.7. The van der Waals surface area contributed by atoms with Crippen LogP contribution in [0.3, 0.4) is 0 Å². The van der Waals surface area contributed by atoms with E-state index >= 15 is 0 Å². The van der Waals surface area contributed by atoms with Crippen LogP contribution in [0.5, 0.6) is 0 Å². The number of urea groups is 1. The maximum atomic E-state index is 13.7. The van der Waals surface area contributed by atoms with Crippen LogP contribution in [0.1, 0.15) is 141 Å². The molecule has 2 rings (SSSR count). The van der Waals surface area contributed by atoms with Gasteiger partial charge in [0.05, 0.1) is 18.6 Å². The smallest absolute Gasteiger partial charge is 0.315 e. The Balaban J connectivity index is -0.00000190. The molecule has 2 aliphatic rings. The second-order valence-corrected chi connectivity index (χ2v) is 13.2. The molecule has 0 spiro atoms. The molecule has 1 aliphatic carbocycles. The standard InChI is InChI=1S/C26H47N7O6.2C3H8.2C2H6/c1-7-27-22(36)19(34)16-28-21(35)18-12-11-15-32(18)23(37)20(25(2,3)4)29-24(38)30-26(13-9-8-10-14-26)17-33(39)31(5)6;2*1-3-2;2*1-2/h18,20,39H,7-17H2,1-6H3,(H,27,36)(H,28,35)(H2,29,30,38);2*3H2,1-2H3;2*1-2H3. The van der Waals surface area contributed by atoms with E-state index in [-0.39, 0.29) is 12.5 Å². The summed E-state index contributed by atoms with van der Waals surface area (Å²) in [7, 11) is 3.42. The number of hydrazine groups is 1. The molecule has 0 aromatic heterocycles. The number of carbonyl (C=O) groups is 5. The van der Waals surface area contributed by atoms with E-state index in [0.717, 1.165) is 24.4 Å². The quantitative estimate of drug-likeness (QED) is 0.144. The third-order valence-electron chi connectivity index (χ3n) is 7.34. The van der Waals surface area contributed by atoms with E-state index in [4.69, 9.17) is 0 Å². The highest BCUT2D eigenvalue weighted by molar-refractivity contribution is 6.37. The highest BCUT2D eigenvalue weighted by Crippen LogP contribution is 2.30. The fraction of sp³-hybridized carbons (Fsp3) is 0.861. The van der Waals surface area contributed by atoms with Crippen molar-refractivity contribution in [3.05, 3.63) is 0 Å². The lowest BCUT2D eigenvalue weighted by Crippen LogP contribution is -2.64. The molecule has 2 unspecified atom stereocenters. The second-order valence-electron chi connectivity index (χ2n) is 13.2. The van der Waals surface area contributed by atoms with Gasteiger partial charge >= 0.3 is 6.03 Å². The first kappa shape index (κ1) is 50.6.